The Morgan fingerprint density at radius 2 is 1.30 bits per heavy atom. The van der Waals surface area contributed by atoms with E-state index in [4.69, 9.17) is 4.74 Å². The van der Waals surface area contributed by atoms with Gasteiger partial charge in [-0.15, -0.1) is 0 Å². The molecule has 156 valence electrons. The fraction of sp³-hybridized carbons (Fsp3) is 0.308. The second-order valence-electron chi connectivity index (χ2n) is 8.48. The molecule has 0 fully saturated rings. The van der Waals surface area contributed by atoms with Gasteiger partial charge in [0.05, 0.1) is 25.2 Å². The van der Waals surface area contributed by atoms with Crippen molar-refractivity contribution in [3.8, 4) is 5.75 Å². The fourth-order valence-corrected chi connectivity index (χ4v) is 4.38. The fourth-order valence-electron chi connectivity index (χ4n) is 4.38. The molecule has 4 heteroatoms. The highest BCUT2D eigenvalue weighted by molar-refractivity contribution is 5.45. The van der Waals surface area contributed by atoms with Gasteiger partial charge in [-0.05, 0) is 40.8 Å². The summed E-state index contributed by atoms with van der Waals surface area (Å²) in [4.78, 5) is 0. The molecule has 0 radical (unpaired) electrons. The Labute approximate surface area is 177 Å². The molecule has 0 saturated heterocycles. The van der Waals surface area contributed by atoms with Crippen LogP contribution in [0.25, 0.3) is 0 Å². The number of hydrogen-bond acceptors (Lipinski definition) is 4. The normalized spacial score (nSPS) is 20.6. The van der Waals surface area contributed by atoms with Gasteiger partial charge in [-0.3, -0.25) is 0 Å². The summed E-state index contributed by atoms with van der Waals surface area (Å²) in [5, 5.41) is 30.0. The van der Waals surface area contributed by atoms with E-state index in [1.807, 2.05) is 30.3 Å². The average molecular weight is 405 g/mol. The zero-order valence-electron chi connectivity index (χ0n) is 17.2. The molecule has 3 N–H and O–H groups in total. The van der Waals surface area contributed by atoms with Gasteiger partial charge >= 0.3 is 0 Å². The third-order valence-electron chi connectivity index (χ3n) is 6.50. The Morgan fingerprint density at radius 1 is 0.767 bits per heavy atom. The monoisotopic (exact) mass is 404 g/mol. The Morgan fingerprint density at radius 3 is 1.83 bits per heavy atom. The van der Waals surface area contributed by atoms with E-state index in [9.17, 15) is 15.3 Å². The van der Waals surface area contributed by atoms with Crippen LogP contribution in [-0.4, -0.2) is 35.1 Å². The van der Waals surface area contributed by atoms with E-state index in [1.54, 1.807) is 0 Å². The number of benzene rings is 3. The van der Waals surface area contributed by atoms with Crippen LogP contribution in [0.1, 0.15) is 35.3 Å². The third kappa shape index (κ3) is 3.52. The second kappa shape index (κ2) is 8.23. The Balaban J connectivity index is 1.85. The quantitative estimate of drug-likeness (QED) is 0.587. The van der Waals surface area contributed by atoms with Gasteiger partial charge in [-0.1, -0.05) is 73.7 Å². The van der Waals surface area contributed by atoms with Crippen LogP contribution in [-0.2, 0) is 11.8 Å². The first-order valence-electron chi connectivity index (χ1n) is 10.3. The van der Waals surface area contributed by atoms with Crippen molar-refractivity contribution in [2.24, 2.45) is 5.41 Å². The highest BCUT2D eigenvalue weighted by atomic mass is 16.5. The minimum Gasteiger partial charge on any atom is -0.485 e. The number of ether oxygens (including phenoxy) is 1. The summed E-state index contributed by atoms with van der Waals surface area (Å²) in [6.45, 7) is 1.07. The Hall–Kier alpha value is -2.66. The first-order valence-corrected chi connectivity index (χ1v) is 10.3. The maximum Gasteiger partial charge on any atom is 0.136 e. The van der Waals surface area contributed by atoms with E-state index in [2.05, 4.69) is 55.5 Å². The molecule has 0 aromatic heterocycles. The number of aliphatic hydroxyl groups excluding tert-OH is 3. The van der Waals surface area contributed by atoms with E-state index in [0.29, 0.717) is 5.75 Å². The molecular weight excluding hydrogens is 376 g/mol. The van der Waals surface area contributed by atoms with E-state index in [-0.39, 0.29) is 5.41 Å². The zero-order valence-corrected chi connectivity index (χ0v) is 17.2. The predicted octanol–water partition coefficient (Wildman–Crippen LogP) is 3.63. The van der Waals surface area contributed by atoms with E-state index in [1.165, 1.54) is 16.7 Å². The molecule has 0 aliphatic carbocycles. The molecule has 2 atom stereocenters. The van der Waals surface area contributed by atoms with E-state index >= 15 is 0 Å². The van der Waals surface area contributed by atoms with Gasteiger partial charge in [-0.25, -0.2) is 0 Å². The van der Waals surface area contributed by atoms with Gasteiger partial charge < -0.3 is 20.1 Å². The highest BCUT2D eigenvalue weighted by Crippen LogP contribution is 2.42. The second-order valence-corrected chi connectivity index (χ2v) is 8.48. The van der Waals surface area contributed by atoms with Crippen molar-refractivity contribution in [2.75, 3.05) is 19.8 Å². The minimum absolute atomic E-state index is 0.236. The predicted molar refractivity (Wildman–Crippen MR) is 117 cm³/mol. The van der Waals surface area contributed by atoms with Gasteiger partial charge in [0.15, 0.2) is 0 Å². The summed E-state index contributed by atoms with van der Waals surface area (Å²) in [6.07, 6.45) is 0.167. The molecule has 7 rings (SSSR count). The third-order valence-corrected chi connectivity index (χ3v) is 6.50. The lowest BCUT2D eigenvalue weighted by atomic mass is 9.71. The van der Waals surface area contributed by atoms with Gasteiger partial charge in [-0.2, -0.15) is 0 Å². The van der Waals surface area contributed by atoms with Crippen molar-refractivity contribution in [1.29, 1.82) is 0 Å². The number of hydrogen-bond donors (Lipinski definition) is 3. The minimum atomic E-state index is -1.19. The maximum atomic E-state index is 10.00. The number of aliphatic hydroxyl groups is 3. The molecule has 4 aliphatic heterocycles. The molecular formula is C26H28O4. The molecule has 0 amide bonds. The molecule has 30 heavy (non-hydrogen) atoms. The van der Waals surface area contributed by atoms with Crippen LogP contribution in [0, 0.1) is 5.41 Å². The smallest absolute Gasteiger partial charge is 0.136 e. The molecule has 4 nitrogen and oxygen atoms in total. The summed E-state index contributed by atoms with van der Waals surface area (Å²) >= 11 is 0. The summed E-state index contributed by atoms with van der Waals surface area (Å²) < 4.78 is 6.22. The summed E-state index contributed by atoms with van der Waals surface area (Å²) in [5.74, 6) is 0.634. The van der Waals surface area contributed by atoms with Crippen LogP contribution in [0.15, 0.2) is 78.9 Å². The molecule has 2 unspecified atom stereocenters. The summed E-state index contributed by atoms with van der Waals surface area (Å²) in [6, 6.07) is 26.6. The van der Waals surface area contributed by atoms with Crippen molar-refractivity contribution in [3.05, 3.63) is 101 Å². The molecule has 3 aromatic rings. The zero-order chi connectivity index (χ0) is 21.2. The van der Waals surface area contributed by atoms with Crippen LogP contribution in [0.4, 0.5) is 0 Å². The molecule has 4 heterocycles. The van der Waals surface area contributed by atoms with Gasteiger partial charge in [0, 0.05) is 5.41 Å². The standard InChI is InChI=1S/C26H28O4/c1-25(15-19-5-3-2-4-6-19)21-9-7-20(8-10-21)24(26(16-27,17-28)18-29)30-23-13-11-22(25)12-14-23/h2-14,24,27-29H,15-18H2,1H3. The topological polar surface area (TPSA) is 69.9 Å². The molecule has 0 spiro atoms. The van der Waals surface area contributed by atoms with Crippen molar-refractivity contribution in [2.45, 2.75) is 24.9 Å². The number of rotatable bonds is 6. The molecule has 0 saturated carbocycles. The Kier molecular flexibility index (Phi) is 5.65. The first-order chi connectivity index (χ1) is 14.5. The van der Waals surface area contributed by atoms with Crippen LogP contribution in [0.2, 0.25) is 0 Å². The molecule has 4 bridgehead atoms. The largest absolute Gasteiger partial charge is 0.485 e. The van der Waals surface area contributed by atoms with E-state index in [0.717, 1.165) is 12.0 Å². The van der Waals surface area contributed by atoms with Crippen molar-refractivity contribution in [1.82, 2.24) is 0 Å². The lowest BCUT2D eigenvalue weighted by molar-refractivity contribution is -0.0742. The van der Waals surface area contributed by atoms with Crippen molar-refractivity contribution < 1.29 is 20.1 Å². The van der Waals surface area contributed by atoms with Crippen LogP contribution >= 0.6 is 0 Å². The van der Waals surface area contributed by atoms with Gasteiger partial charge in [0.25, 0.3) is 0 Å². The van der Waals surface area contributed by atoms with Crippen LogP contribution in [0.3, 0.4) is 0 Å². The van der Waals surface area contributed by atoms with Crippen molar-refractivity contribution >= 4 is 0 Å². The molecule has 4 aliphatic rings. The first kappa shape index (κ1) is 20.6. The van der Waals surface area contributed by atoms with Crippen LogP contribution in [0.5, 0.6) is 5.75 Å². The maximum absolute atomic E-state index is 10.00. The SMILES string of the molecule is CC1(Cc2ccccc2)c2ccc(cc2)OC(C(CO)(CO)CO)c2ccc1cc2. The summed E-state index contributed by atoms with van der Waals surface area (Å²) in [7, 11) is 0. The van der Waals surface area contributed by atoms with Gasteiger partial charge in [0.1, 0.15) is 11.9 Å². The van der Waals surface area contributed by atoms with Gasteiger partial charge in [0.2, 0.25) is 0 Å². The molecule has 3 aromatic carbocycles. The Bertz CT molecular complexity index is 954. The lowest BCUT2D eigenvalue weighted by Crippen LogP contribution is -2.42. The summed E-state index contributed by atoms with van der Waals surface area (Å²) in [5.41, 5.74) is 3.00. The van der Waals surface area contributed by atoms with Crippen LogP contribution < -0.4 is 4.74 Å². The average Bonchev–Trinajstić information content (AvgIpc) is 2.86. The lowest BCUT2D eigenvalue weighted by Gasteiger charge is -2.36. The van der Waals surface area contributed by atoms with E-state index < -0.39 is 31.3 Å². The van der Waals surface area contributed by atoms with Crippen molar-refractivity contribution in [3.63, 3.8) is 0 Å². The highest BCUT2D eigenvalue weighted by Gasteiger charge is 2.41.